The lowest BCUT2D eigenvalue weighted by molar-refractivity contribution is -0.141. The van der Waals surface area contributed by atoms with E-state index in [1.165, 1.54) is 19.3 Å². The molecule has 2 saturated carbocycles. The molecular weight excluding hydrogens is 318 g/mol. The fourth-order valence-electron chi connectivity index (χ4n) is 5.27. The molecule has 2 aliphatic carbocycles. The molecule has 0 spiro atoms. The molecule has 3 fully saturated rings. The monoisotopic (exact) mass is 351 g/mol. The smallest absolute Gasteiger partial charge is 0.235 e. The predicted octanol–water partition coefficient (Wildman–Crippen LogP) is 1.12. The van der Waals surface area contributed by atoms with Crippen LogP contribution in [0.5, 0.6) is 0 Å². The van der Waals surface area contributed by atoms with E-state index in [2.05, 4.69) is 4.90 Å². The van der Waals surface area contributed by atoms with Gasteiger partial charge in [0.15, 0.2) is 0 Å². The summed E-state index contributed by atoms with van der Waals surface area (Å²) in [5.74, 6) is 0.168. The molecule has 25 heavy (non-hydrogen) atoms. The van der Waals surface area contributed by atoms with E-state index >= 15 is 0 Å². The van der Waals surface area contributed by atoms with Crippen molar-refractivity contribution in [2.24, 2.45) is 17.1 Å². The van der Waals surface area contributed by atoms with Crippen LogP contribution >= 0.6 is 0 Å². The highest BCUT2D eigenvalue weighted by Gasteiger charge is 2.47. The van der Waals surface area contributed by atoms with Crippen molar-refractivity contribution in [1.29, 1.82) is 0 Å². The Kier molecular flexibility index (Phi) is 6.00. The highest BCUT2D eigenvalue weighted by Crippen LogP contribution is 2.43. The summed E-state index contributed by atoms with van der Waals surface area (Å²) in [6.07, 6.45) is 9.44. The molecule has 1 saturated heterocycles. The van der Waals surface area contributed by atoms with Crippen LogP contribution in [-0.4, -0.2) is 65.5 Å². The van der Waals surface area contributed by atoms with E-state index in [4.69, 9.17) is 5.73 Å². The van der Waals surface area contributed by atoms with Gasteiger partial charge in [-0.2, -0.15) is 0 Å². The maximum atomic E-state index is 12.7. The summed E-state index contributed by atoms with van der Waals surface area (Å²) >= 11 is 0. The zero-order valence-electron chi connectivity index (χ0n) is 15.3. The number of nitrogens with zero attached hydrogens (tertiary/aromatic N) is 2. The fourth-order valence-corrected chi connectivity index (χ4v) is 5.27. The minimum absolute atomic E-state index is 0.0157. The summed E-state index contributed by atoms with van der Waals surface area (Å²) in [5.41, 5.74) is 5.36. The standard InChI is InChI=1S/C19H33N3O3/c20-17(24)16(19(14-23)8-4-5-9-19)21-10-12-22(13-11-21)18(25)15-6-2-1-3-7-15/h15-16,23H,1-14H2,(H2,20,24). The molecule has 6 nitrogen and oxygen atoms in total. The highest BCUT2D eigenvalue weighted by atomic mass is 16.3. The summed E-state index contributed by atoms with van der Waals surface area (Å²) in [7, 11) is 0. The van der Waals surface area contributed by atoms with E-state index in [-0.39, 0.29) is 23.8 Å². The maximum Gasteiger partial charge on any atom is 0.235 e. The number of piperazine rings is 1. The second-order valence-electron chi connectivity index (χ2n) is 8.23. The summed E-state index contributed by atoms with van der Waals surface area (Å²) in [6, 6.07) is -0.410. The van der Waals surface area contributed by atoms with Crippen LogP contribution in [0, 0.1) is 11.3 Å². The van der Waals surface area contributed by atoms with Gasteiger partial charge in [-0.3, -0.25) is 14.5 Å². The Morgan fingerprint density at radius 2 is 1.60 bits per heavy atom. The van der Waals surface area contributed by atoms with Crippen molar-refractivity contribution in [2.45, 2.75) is 63.8 Å². The third-order valence-corrected chi connectivity index (χ3v) is 6.71. The first-order valence-corrected chi connectivity index (χ1v) is 10.0. The average molecular weight is 351 g/mol. The van der Waals surface area contributed by atoms with Crippen LogP contribution in [0.15, 0.2) is 0 Å². The minimum Gasteiger partial charge on any atom is -0.396 e. The number of primary amides is 1. The molecule has 0 aromatic carbocycles. The van der Waals surface area contributed by atoms with Gasteiger partial charge < -0.3 is 15.7 Å². The Morgan fingerprint density at radius 3 is 2.12 bits per heavy atom. The molecule has 2 amide bonds. The molecule has 1 heterocycles. The van der Waals surface area contributed by atoms with Crippen LogP contribution in [0.3, 0.4) is 0 Å². The third-order valence-electron chi connectivity index (χ3n) is 6.71. The number of hydrogen-bond acceptors (Lipinski definition) is 4. The Balaban J connectivity index is 1.61. The minimum atomic E-state index is -0.410. The second-order valence-corrected chi connectivity index (χ2v) is 8.23. The zero-order chi connectivity index (χ0) is 17.9. The van der Waals surface area contributed by atoms with Gasteiger partial charge in [-0.15, -0.1) is 0 Å². The van der Waals surface area contributed by atoms with Crippen molar-refractivity contribution in [1.82, 2.24) is 9.80 Å². The van der Waals surface area contributed by atoms with E-state index < -0.39 is 6.04 Å². The van der Waals surface area contributed by atoms with Gasteiger partial charge in [0.1, 0.15) is 0 Å². The van der Waals surface area contributed by atoms with Gasteiger partial charge in [-0.05, 0) is 25.7 Å². The first kappa shape index (κ1) is 18.6. The highest BCUT2D eigenvalue weighted by molar-refractivity contribution is 5.81. The number of carbonyl (C=O) groups is 2. The number of aliphatic hydroxyl groups excluding tert-OH is 1. The molecule has 3 N–H and O–H groups in total. The van der Waals surface area contributed by atoms with Gasteiger partial charge in [-0.1, -0.05) is 32.1 Å². The predicted molar refractivity (Wildman–Crippen MR) is 95.7 cm³/mol. The first-order chi connectivity index (χ1) is 12.1. The Morgan fingerprint density at radius 1 is 1.00 bits per heavy atom. The Bertz CT molecular complexity index is 476. The van der Waals surface area contributed by atoms with E-state index in [9.17, 15) is 14.7 Å². The third kappa shape index (κ3) is 3.85. The summed E-state index contributed by atoms with van der Waals surface area (Å²) in [6.45, 7) is 2.70. The molecular formula is C19H33N3O3. The summed E-state index contributed by atoms with van der Waals surface area (Å²) in [4.78, 5) is 29.0. The quantitative estimate of drug-likeness (QED) is 0.777. The Hall–Kier alpha value is -1.14. The van der Waals surface area contributed by atoms with Crippen molar-refractivity contribution in [3.05, 3.63) is 0 Å². The van der Waals surface area contributed by atoms with E-state index in [0.29, 0.717) is 32.1 Å². The van der Waals surface area contributed by atoms with E-state index in [0.717, 1.165) is 38.5 Å². The van der Waals surface area contributed by atoms with Crippen LogP contribution in [0.4, 0.5) is 0 Å². The van der Waals surface area contributed by atoms with Crippen molar-refractivity contribution in [3.8, 4) is 0 Å². The first-order valence-electron chi connectivity index (χ1n) is 10.0. The van der Waals surface area contributed by atoms with Crippen molar-refractivity contribution in [3.63, 3.8) is 0 Å². The molecule has 3 aliphatic rings. The van der Waals surface area contributed by atoms with Gasteiger partial charge >= 0.3 is 0 Å². The van der Waals surface area contributed by atoms with Crippen molar-refractivity contribution >= 4 is 11.8 Å². The van der Waals surface area contributed by atoms with Gasteiger partial charge in [0.25, 0.3) is 0 Å². The normalized spacial score (nSPS) is 26.5. The maximum absolute atomic E-state index is 12.7. The van der Waals surface area contributed by atoms with Crippen LogP contribution in [0.2, 0.25) is 0 Å². The SMILES string of the molecule is NC(=O)C(N1CCN(C(=O)C2CCCCC2)CC1)C1(CO)CCCC1. The van der Waals surface area contributed by atoms with Gasteiger partial charge in [0.2, 0.25) is 11.8 Å². The average Bonchev–Trinajstić information content (AvgIpc) is 3.12. The van der Waals surface area contributed by atoms with Gasteiger partial charge in [-0.25, -0.2) is 0 Å². The number of hydrogen-bond donors (Lipinski definition) is 2. The van der Waals surface area contributed by atoms with Crippen LogP contribution in [-0.2, 0) is 9.59 Å². The molecule has 3 rings (SSSR count). The number of amides is 2. The lowest BCUT2D eigenvalue weighted by Gasteiger charge is -2.45. The van der Waals surface area contributed by atoms with Crippen molar-refractivity contribution < 1.29 is 14.7 Å². The Labute approximate surface area is 150 Å². The fraction of sp³-hybridized carbons (Fsp3) is 0.895. The second kappa shape index (κ2) is 8.04. The molecule has 1 atom stereocenters. The summed E-state index contributed by atoms with van der Waals surface area (Å²) in [5, 5.41) is 9.98. The lowest BCUT2D eigenvalue weighted by atomic mass is 9.77. The van der Waals surface area contributed by atoms with Crippen molar-refractivity contribution in [2.75, 3.05) is 32.8 Å². The number of rotatable bonds is 5. The molecule has 0 aromatic heterocycles. The lowest BCUT2D eigenvalue weighted by Crippen LogP contribution is -2.61. The molecule has 6 heteroatoms. The number of nitrogens with two attached hydrogens (primary N) is 1. The van der Waals surface area contributed by atoms with Gasteiger partial charge in [0, 0.05) is 37.5 Å². The molecule has 1 aliphatic heterocycles. The molecule has 1 unspecified atom stereocenters. The summed E-state index contributed by atoms with van der Waals surface area (Å²) < 4.78 is 0. The number of carbonyl (C=O) groups excluding carboxylic acids is 2. The molecule has 142 valence electrons. The molecule has 0 aromatic rings. The zero-order valence-corrected chi connectivity index (χ0v) is 15.3. The number of aliphatic hydroxyl groups is 1. The van der Waals surface area contributed by atoms with E-state index in [1.807, 2.05) is 4.90 Å². The topological polar surface area (TPSA) is 86.9 Å². The van der Waals surface area contributed by atoms with Gasteiger partial charge in [0.05, 0.1) is 12.6 Å². The van der Waals surface area contributed by atoms with Crippen LogP contribution in [0.1, 0.15) is 57.8 Å². The molecule has 0 radical (unpaired) electrons. The van der Waals surface area contributed by atoms with Crippen LogP contribution in [0.25, 0.3) is 0 Å². The largest absolute Gasteiger partial charge is 0.396 e. The van der Waals surface area contributed by atoms with Crippen LogP contribution < -0.4 is 5.73 Å². The molecule has 0 bridgehead atoms. The van der Waals surface area contributed by atoms with E-state index in [1.54, 1.807) is 0 Å².